The van der Waals surface area contributed by atoms with E-state index in [1.54, 1.807) is 0 Å². The van der Waals surface area contributed by atoms with E-state index in [9.17, 15) is 9.59 Å². The highest BCUT2D eigenvalue weighted by atomic mass is 16.5. The molecular weight excluding hydrogens is 282 g/mol. The fraction of sp³-hybridized carbons (Fsp3) is 0.882. The quantitative estimate of drug-likeness (QED) is 0.472. The lowest BCUT2D eigenvalue weighted by Gasteiger charge is -2.07. The number of nitrogens with one attached hydrogen (secondary N) is 1. The highest BCUT2D eigenvalue weighted by Gasteiger charge is 2.08. The molecule has 5 nitrogen and oxygen atoms in total. The van der Waals surface area contributed by atoms with Crippen molar-refractivity contribution in [1.82, 2.24) is 5.32 Å². The van der Waals surface area contributed by atoms with Gasteiger partial charge in [-0.05, 0) is 32.6 Å². The van der Waals surface area contributed by atoms with Crippen molar-refractivity contribution in [2.45, 2.75) is 59.3 Å². The lowest BCUT2D eigenvalue weighted by atomic mass is 10.0. The van der Waals surface area contributed by atoms with Crippen LogP contribution in [0.3, 0.4) is 0 Å². The Kier molecular flexibility index (Phi) is 14.3. The summed E-state index contributed by atoms with van der Waals surface area (Å²) in [5.41, 5.74) is 0. The molecule has 0 spiro atoms. The van der Waals surface area contributed by atoms with E-state index >= 15 is 0 Å². The molecule has 0 rings (SSSR count). The van der Waals surface area contributed by atoms with Crippen molar-refractivity contribution < 1.29 is 19.1 Å². The number of carbonyl (C=O) groups is 2. The van der Waals surface area contributed by atoms with E-state index in [0.29, 0.717) is 32.4 Å². The normalized spacial score (nSPS) is 10.9. The van der Waals surface area contributed by atoms with Crippen molar-refractivity contribution >= 4 is 11.7 Å². The van der Waals surface area contributed by atoms with Gasteiger partial charge >= 0.3 is 0 Å². The molecule has 0 radical (unpaired) electrons. The summed E-state index contributed by atoms with van der Waals surface area (Å²) in [5.74, 6) is 0.313. The SMILES string of the molecule is CCOCCCCOCCCNC(=O)CCCC(=O)C(C)C. The van der Waals surface area contributed by atoms with Crippen molar-refractivity contribution in [3.8, 4) is 0 Å². The van der Waals surface area contributed by atoms with Gasteiger partial charge in [0.25, 0.3) is 0 Å². The molecule has 22 heavy (non-hydrogen) atoms. The monoisotopic (exact) mass is 315 g/mol. The van der Waals surface area contributed by atoms with E-state index < -0.39 is 0 Å². The minimum atomic E-state index is 0.0215. The van der Waals surface area contributed by atoms with Gasteiger partial charge in [-0.1, -0.05) is 13.8 Å². The molecule has 1 amide bonds. The molecule has 0 aliphatic carbocycles. The molecule has 0 heterocycles. The lowest BCUT2D eigenvalue weighted by molar-refractivity contribution is -0.122. The fourth-order valence-corrected chi connectivity index (χ4v) is 1.86. The smallest absolute Gasteiger partial charge is 0.220 e. The maximum absolute atomic E-state index is 11.6. The van der Waals surface area contributed by atoms with Crippen LogP contribution in [0.5, 0.6) is 0 Å². The third kappa shape index (κ3) is 14.0. The van der Waals surface area contributed by atoms with Crippen LogP contribution in [-0.2, 0) is 19.1 Å². The predicted octanol–water partition coefficient (Wildman–Crippen LogP) is 2.72. The van der Waals surface area contributed by atoms with Crippen LogP contribution in [0.25, 0.3) is 0 Å². The van der Waals surface area contributed by atoms with Gasteiger partial charge in [-0.3, -0.25) is 9.59 Å². The molecule has 0 saturated carbocycles. The molecule has 0 fully saturated rings. The minimum absolute atomic E-state index is 0.0215. The number of hydrogen-bond acceptors (Lipinski definition) is 4. The third-order valence-electron chi connectivity index (χ3n) is 3.29. The zero-order valence-electron chi connectivity index (χ0n) is 14.5. The first-order valence-corrected chi connectivity index (χ1v) is 8.52. The molecule has 0 unspecified atom stereocenters. The highest BCUT2D eigenvalue weighted by Crippen LogP contribution is 2.04. The van der Waals surface area contributed by atoms with Crippen LogP contribution in [0.2, 0.25) is 0 Å². The maximum atomic E-state index is 11.6. The lowest BCUT2D eigenvalue weighted by Crippen LogP contribution is -2.25. The van der Waals surface area contributed by atoms with Gasteiger partial charge in [0.05, 0.1) is 0 Å². The second-order valence-electron chi connectivity index (χ2n) is 5.69. The van der Waals surface area contributed by atoms with Gasteiger partial charge in [-0.15, -0.1) is 0 Å². The van der Waals surface area contributed by atoms with Crippen molar-refractivity contribution in [3.63, 3.8) is 0 Å². The van der Waals surface area contributed by atoms with Crippen LogP contribution in [-0.4, -0.2) is 44.7 Å². The van der Waals surface area contributed by atoms with E-state index in [4.69, 9.17) is 9.47 Å². The molecule has 0 aliphatic rings. The average molecular weight is 315 g/mol. The second-order valence-corrected chi connectivity index (χ2v) is 5.69. The minimum Gasteiger partial charge on any atom is -0.382 e. The predicted molar refractivity (Wildman–Crippen MR) is 87.9 cm³/mol. The first-order valence-electron chi connectivity index (χ1n) is 8.52. The van der Waals surface area contributed by atoms with Gasteiger partial charge in [0.15, 0.2) is 0 Å². The Morgan fingerprint density at radius 1 is 0.909 bits per heavy atom. The molecule has 5 heteroatoms. The first-order chi connectivity index (χ1) is 10.6. The van der Waals surface area contributed by atoms with Crippen molar-refractivity contribution in [2.75, 3.05) is 33.0 Å². The summed E-state index contributed by atoms with van der Waals surface area (Å²) in [4.78, 5) is 23.0. The fourth-order valence-electron chi connectivity index (χ4n) is 1.86. The Bertz CT molecular complexity index is 292. The molecule has 130 valence electrons. The Morgan fingerprint density at radius 2 is 1.55 bits per heavy atom. The largest absolute Gasteiger partial charge is 0.382 e. The van der Waals surface area contributed by atoms with Crippen LogP contribution in [0.15, 0.2) is 0 Å². The molecule has 0 saturated heterocycles. The number of ketones is 1. The van der Waals surface area contributed by atoms with Gasteiger partial charge in [-0.2, -0.15) is 0 Å². The van der Waals surface area contributed by atoms with Crippen molar-refractivity contribution in [1.29, 1.82) is 0 Å². The van der Waals surface area contributed by atoms with E-state index in [1.165, 1.54) is 0 Å². The average Bonchev–Trinajstić information content (AvgIpc) is 2.49. The van der Waals surface area contributed by atoms with Crippen LogP contribution in [0.4, 0.5) is 0 Å². The second kappa shape index (κ2) is 15.0. The zero-order valence-corrected chi connectivity index (χ0v) is 14.5. The van der Waals surface area contributed by atoms with Gasteiger partial charge in [0, 0.05) is 51.7 Å². The standard InChI is InChI=1S/C17H33NO4/c1-4-21-12-5-6-13-22-14-8-11-18-17(20)10-7-9-16(19)15(2)3/h15H,4-14H2,1-3H3,(H,18,20). The van der Waals surface area contributed by atoms with E-state index in [1.807, 2.05) is 20.8 Å². The van der Waals surface area contributed by atoms with Crippen LogP contribution in [0.1, 0.15) is 59.3 Å². The van der Waals surface area contributed by atoms with Crippen LogP contribution >= 0.6 is 0 Å². The van der Waals surface area contributed by atoms with Gasteiger partial charge < -0.3 is 14.8 Å². The molecule has 0 atom stereocenters. The number of ether oxygens (including phenoxy) is 2. The summed E-state index contributed by atoms with van der Waals surface area (Å²) in [6.45, 7) is 9.39. The first kappa shape index (κ1) is 21.1. The Balaban J connectivity index is 3.27. The molecule has 0 aliphatic heterocycles. The summed E-state index contributed by atoms with van der Waals surface area (Å²) in [7, 11) is 0. The Morgan fingerprint density at radius 3 is 2.18 bits per heavy atom. The number of rotatable bonds is 15. The molecule has 0 aromatic rings. The van der Waals surface area contributed by atoms with Gasteiger partial charge in [0.2, 0.25) is 5.91 Å². The highest BCUT2D eigenvalue weighted by molar-refractivity contribution is 5.81. The van der Waals surface area contributed by atoms with E-state index in [-0.39, 0.29) is 17.6 Å². The van der Waals surface area contributed by atoms with Crippen LogP contribution < -0.4 is 5.32 Å². The van der Waals surface area contributed by atoms with Crippen molar-refractivity contribution in [2.24, 2.45) is 5.92 Å². The number of amides is 1. The van der Waals surface area contributed by atoms with E-state index in [0.717, 1.165) is 39.1 Å². The molecular formula is C17H33NO4. The third-order valence-corrected chi connectivity index (χ3v) is 3.29. The molecule has 0 aromatic heterocycles. The summed E-state index contributed by atoms with van der Waals surface area (Å²) < 4.78 is 10.7. The summed E-state index contributed by atoms with van der Waals surface area (Å²) in [5, 5.41) is 2.85. The molecule has 1 N–H and O–H groups in total. The van der Waals surface area contributed by atoms with E-state index in [2.05, 4.69) is 5.32 Å². The maximum Gasteiger partial charge on any atom is 0.220 e. The number of hydrogen-bond donors (Lipinski definition) is 1. The summed E-state index contributed by atoms with van der Waals surface area (Å²) >= 11 is 0. The summed E-state index contributed by atoms with van der Waals surface area (Å²) in [6.07, 6.45) is 4.42. The van der Waals surface area contributed by atoms with Gasteiger partial charge in [-0.25, -0.2) is 0 Å². The molecule has 0 aromatic carbocycles. The Labute approximate surface area is 135 Å². The Hall–Kier alpha value is -0.940. The number of carbonyl (C=O) groups excluding carboxylic acids is 2. The molecule has 0 bridgehead atoms. The summed E-state index contributed by atoms with van der Waals surface area (Å²) in [6, 6.07) is 0. The number of Topliss-reactive ketones (excluding diaryl/α,β-unsaturated/α-hetero) is 1. The van der Waals surface area contributed by atoms with Crippen LogP contribution in [0, 0.1) is 5.92 Å². The van der Waals surface area contributed by atoms with Crippen molar-refractivity contribution in [3.05, 3.63) is 0 Å². The number of unbranched alkanes of at least 4 members (excludes halogenated alkanes) is 1. The topological polar surface area (TPSA) is 64.6 Å². The van der Waals surface area contributed by atoms with Gasteiger partial charge in [0.1, 0.15) is 5.78 Å². The zero-order chi connectivity index (χ0) is 16.6.